The molecule has 0 fully saturated rings. The monoisotopic (exact) mass is 678 g/mol. The molecule has 1 aliphatic heterocycles. The minimum absolute atomic E-state index is 0.122. The van der Waals surface area contributed by atoms with Crippen molar-refractivity contribution in [3.63, 3.8) is 0 Å². The average Bonchev–Trinajstić information content (AvgIpc) is 3.91. The van der Waals surface area contributed by atoms with E-state index >= 15 is 0 Å². The lowest BCUT2D eigenvalue weighted by molar-refractivity contribution is 0.666. The standard InChI is InChI=1S/C49H32N3O/c1-3-13-32(14-4-1)35-27-30-39-38-17-7-9-21-42(38)52(45(39)31-35)44-23-11-19-40-47-37(18-12-24-46(47)53-48(40)44)33-25-28-36(29-26-33)51-43-22-10-8-20-41(43)50-49(51)34-15-5-2-6-16-34/h1-31,49H/q-1. The first-order valence-electron chi connectivity index (χ1n) is 18.1. The highest BCUT2D eigenvalue weighted by molar-refractivity contribution is 6.16. The van der Waals surface area contributed by atoms with Crippen molar-refractivity contribution in [2.75, 3.05) is 4.90 Å². The van der Waals surface area contributed by atoms with Crippen molar-refractivity contribution in [1.82, 2.24) is 4.57 Å². The van der Waals surface area contributed by atoms with Crippen molar-refractivity contribution in [3.8, 4) is 27.9 Å². The molecule has 250 valence electrons. The minimum Gasteiger partial charge on any atom is -0.659 e. The molecule has 8 aromatic carbocycles. The van der Waals surface area contributed by atoms with E-state index in [9.17, 15) is 0 Å². The van der Waals surface area contributed by atoms with Gasteiger partial charge < -0.3 is 19.2 Å². The molecule has 4 heteroatoms. The van der Waals surface area contributed by atoms with Crippen LogP contribution in [0, 0.1) is 0 Å². The summed E-state index contributed by atoms with van der Waals surface area (Å²) in [5, 5.41) is 9.78. The zero-order valence-corrected chi connectivity index (χ0v) is 28.7. The van der Waals surface area contributed by atoms with Gasteiger partial charge in [0.25, 0.3) is 0 Å². The average molecular weight is 679 g/mol. The van der Waals surface area contributed by atoms with Gasteiger partial charge in [0.1, 0.15) is 5.58 Å². The molecular formula is C49H32N3O-. The third-order valence-electron chi connectivity index (χ3n) is 10.7. The molecule has 0 bridgehead atoms. The van der Waals surface area contributed by atoms with Crippen LogP contribution in [0.15, 0.2) is 192 Å². The molecule has 0 spiro atoms. The molecule has 1 unspecified atom stereocenters. The first-order valence-corrected chi connectivity index (χ1v) is 18.1. The fourth-order valence-corrected chi connectivity index (χ4v) is 8.32. The van der Waals surface area contributed by atoms with E-state index in [0.29, 0.717) is 0 Å². The molecule has 3 heterocycles. The summed E-state index contributed by atoms with van der Waals surface area (Å²) < 4.78 is 9.22. The van der Waals surface area contributed by atoms with E-state index in [1.807, 2.05) is 0 Å². The number of aromatic nitrogens is 1. The van der Waals surface area contributed by atoms with Gasteiger partial charge in [0.2, 0.25) is 0 Å². The van der Waals surface area contributed by atoms with Crippen molar-refractivity contribution < 1.29 is 4.42 Å². The van der Waals surface area contributed by atoms with Crippen molar-refractivity contribution in [3.05, 3.63) is 199 Å². The Hall–Kier alpha value is -7.04. The predicted molar refractivity (Wildman–Crippen MR) is 220 cm³/mol. The third-order valence-corrected chi connectivity index (χ3v) is 10.7. The maximum Gasteiger partial charge on any atom is 0.159 e. The second kappa shape index (κ2) is 11.8. The van der Waals surface area contributed by atoms with Gasteiger partial charge in [-0.3, -0.25) is 0 Å². The SMILES string of the molecule is c1ccc(-c2ccc3c4ccccc4n(-c4cccc5c4oc4cccc(-c6ccc(N7c8ccccc8[N-]C7c7ccccc7)cc6)c45)c3c2)cc1. The Morgan fingerprint density at radius 3 is 2.02 bits per heavy atom. The maximum atomic E-state index is 6.85. The number of anilines is 2. The fourth-order valence-electron chi connectivity index (χ4n) is 8.32. The van der Waals surface area contributed by atoms with Gasteiger partial charge in [-0.05, 0) is 76.4 Å². The van der Waals surface area contributed by atoms with Crippen LogP contribution < -0.4 is 4.90 Å². The third kappa shape index (κ3) is 4.62. The number of hydrogen-bond donors (Lipinski definition) is 0. The molecule has 4 nitrogen and oxygen atoms in total. The van der Waals surface area contributed by atoms with E-state index in [0.717, 1.165) is 72.4 Å². The molecule has 1 atom stereocenters. The highest BCUT2D eigenvalue weighted by Gasteiger charge is 2.24. The predicted octanol–water partition coefficient (Wildman–Crippen LogP) is 13.9. The molecule has 10 aromatic rings. The molecule has 11 rings (SSSR count). The summed E-state index contributed by atoms with van der Waals surface area (Å²) >= 11 is 0. The molecule has 1 aliphatic rings. The Balaban J connectivity index is 1.06. The van der Waals surface area contributed by atoms with Gasteiger partial charge >= 0.3 is 0 Å². The van der Waals surface area contributed by atoms with Gasteiger partial charge in [-0.25, -0.2) is 0 Å². The molecule has 2 aromatic heterocycles. The largest absolute Gasteiger partial charge is 0.659 e. The zero-order valence-electron chi connectivity index (χ0n) is 28.7. The quantitative estimate of drug-likeness (QED) is 0.182. The van der Waals surface area contributed by atoms with Crippen LogP contribution in [-0.4, -0.2) is 4.57 Å². The van der Waals surface area contributed by atoms with Crippen LogP contribution in [-0.2, 0) is 0 Å². The summed E-state index contributed by atoms with van der Waals surface area (Å²) in [4.78, 5) is 2.34. The number of nitrogens with zero attached hydrogens (tertiary/aromatic N) is 3. The van der Waals surface area contributed by atoms with Crippen molar-refractivity contribution in [1.29, 1.82) is 0 Å². The normalized spacial score (nSPS) is 14.0. The van der Waals surface area contributed by atoms with E-state index in [4.69, 9.17) is 9.73 Å². The Morgan fingerprint density at radius 2 is 1.15 bits per heavy atom. The maximum absolute atomic E-state index is 6.85. The van der Waals surface area contributed by atoms with Gasteiger partial charge in [0.15, 0.2) is 5.58 Å². The van der Waals surface area contributed by atoms with Crippen LogP contribution in [0.2, 0.25) is 0 Å². The van der Waals surface area contributed by atoms with Crippen LogP contribution in [0.3, 0.4) is 0 Å². The summed E-state index contributed by atoms with van der Waals surface area (Å²) in [7, 11) is 0. The Kier molecular flexibility index (Phi) is 6.58. The second-order valence-corrected chi connectivity index (χ2v) is 13.7. The summed E-state index contributed by atoms with van der Waals surface area (Å²) in [6.07, 6.45) is -0.122. The van der Waals surface area contributed by atoms with Gasteiger partial charge in [0.05, 0.1) is 16.7 Å². The van der Waals surface area contributed by atoms with Crippen LogP contribution in [0.1, 0.15) is 11.7 Å². The lowest BCUT2D eigenvalue weighted by Crippen LogP contribution is -2.18. The van der Waals surface area contributed by atoms with Crippen LogP contribution >= 0.6 is 0 Å². The van der Waals surface area contributed by atoms with Crippen LogP contribution in [0.4, 0.5) is 17.1 Å². The highest BCUT2D eigenvalue weighted by Crippen LogP contribution is 2.53. The molecule has 0 amide bonds. The number of hydrogen-bond acceptors (Lipinski definition) is 2. The number of para-hydroxylation sites is 4. The first-order chi connectivity index (χ1) is 26.3. The Morgan fingerprint density at radius 1 is 0.472 bits per heavy atom. The lowest BCUT2D eigenvalue weighted by atomic mass is 9.98. The zero-order chi connectivity index (χ0) is 34.9. The van der Waals surface area contributed by atoms with Crippen molar-refractivity contribution >= 4 is 60.8 Å². The topological polar surface area (TPSA) is 35.4 Å². The first kappa shape index (κ1) is 29.7. The van der Waals surface area contributed by atoms with Gasteiger partial charge in [0, 0.05) is 32.9 Å². The van der Waals surface area contributed by atoms with E-state index in [2.05, 4.69) is 198 Å². The molecule has 0 saturated carbocycles. The summed E-state index contributed by atoms with van der Waals surface area (Å²) in [5.41, 5.74) is 14.1. The van der Waals surface area contributed by atoms with Crippen LogP contribution in [0.25, 0.3) is 77.0 Å². The fraction of sp³-hybridized carbons (Fsp3) is 0.0204. The Bertz CT molecular complexity index is 2980. The summed E-state index contributed by atoms with van der Waals surface area (Å²) in [5.74, 6) is 0. The number of rotatable bonds is 5. The van der Waals surface area contributed by atoms with Gasteiger partial charge in [-0.15, -0.1) is 5.69 Å². The molecule has 0 aliphatic carbocycles. The molecule has 0 N–H and O–H groups in total. The second-order valence-electron chi connectivity index (χ2n) is 13.7. The minimum atomic E-state index is -0.122. The summed E-state index contributed by atoms with van der Waals surface area (Å²) in [6.45, 7) is 0. The Labute approximate surface area is 306 Å². The lowest BCUT2D eigenvalue weighted by Gasteiger charge is -2.35. The highest BCUT2D eigenvalue weighted by atomic mass is 16.3. The van der Waals surface area contributed by atoms with Crippen molar-refractivity contribution in [2.24, 2.45) is 0 Å². The van der Waals surface area contributed by atoms with E-state index in [-0.39, 0.29) is 6.17 Å². The van der Waals surface area contributed by atoms with Gasteiger partial charge in [-0.1, -0.05) is 146 Å². The van der Waals surface area contributed by atoms with Gasteiger partial charge in [-0.2, -0.15) is 0 Å². The number of fused-ring (bicyclic) bond motifs is 7. The van der Waals surface area contributed by atoms with E-state index in [1.54, 1.807) is 0 Å². The molecule has 0 radical (unpaired) electrons. The van der Waals surface area contributed by atoms with E-state index < -0.39 is 0 Å². The smallest absolute Gasteiger partial charge is 0.159 e. The number of benzene rings is 8. The number of furan rings is 1. The molecular weight excluding hydrogens is 647 g/mol. The molecule has 53 heavy (non-hydrogen) atoms. The van der Waals surface area contributed by atoms with Crippen molar-refractivity contribution in [2.45, 2.75) is 6.17 Å². The summed E-state index contributed by atoms with van der Waals surface area (Å²) in [6, 6.07) is 66.8. The van der Waals surface area contributed by atoms with E-state index in [1.165, 1.54) is 21.9 Å². The van der Waals surface area contributed by atoms with Crippen LogP contribution in [0.5, 0.6) is 0 Å². The molecule has 0 saturated heterocycles.